The van der Waals surface area contributed by atoms with E-state index in [9.17, 15) is 14.0 Å². The van der Waals surface area contributed by atoms with Gasteiger partial charge in [-0.3, -0.25) is 9.59 Å². The van der Waals surface area contributed by atoms with Gasteiger partial charge in [-0.1, -0.05) is 30.3 Å². The van der Waals surface area contributed by atoms with Crippen LogP contribution in [-0.2, 0) is 11.3 Å². The summed E-state index contributed by atoms with van der Waals surface area (Å²) in [6.45, 7) is 1.19. The number of carbonyl (C=O) groups excluding carboxylic acids is 2. The molecule has 3 rings (SSSR count). The first-order valence-corrected chi connectivity index (χ1v) is 9.03. The lowest BCUT2D eigenvalue weighted by Gasteiger charge is -2.32. The molecule has 1 N–H and O–H groups in total. The van der Waals surface area contributed by atoms with Crippen molar-refractivity contribution in [2.45, 2.75) is 19.4 Å². The summed E-state index contributed by atoms with van der Waals surface area (Å²) < 4.78 is 19.2. The summed E-state index contributed by atoms with van der Waals surface area (Å²) in [4.78, 5) is 26.7. The zero-order chi connectivity index (χ0) is 19.2. The fourth-order valence-electron chi connectivity index (χ4n) is 3.36. The lowest BCUT2D eigenvalue weighted by Crippen LogP contribution is -2.45. The highest BCUT2D eigenvalue weighted by Crippen LogP contribution is 2.21. The van der Waals surface area contributed by atoms with Crippen molar-refractivity contribution in [3.05, 3.63) is 65.5 Å². The lowest BCUT2D eigenvalue weighted by molar-refractivity contribution is -0.126. The van der Waals surface area contributed by atoms with E-state index in [1.54, 1.807) is 24.1 Å². The number of nitrogens with one attached hydrogen (secondary N) is 1. The number of likely N-dealkylation sites (tertiary alicyclic amines) is 1. The standard InChI is InChI=1S/C21H23FN2O3/c1-27-19-11-5-2-7-15(19)13-23-20(25)16-8-6-12-24(14-16)21(26)17-9-3-4-10-18(17)22/h2-5,7,9-11,16H,6,8,12-14H2,1H3,(H,23,25)/t16-/m0/s1. The monoisotopic (exact) mass is 370 g/mol. The minimum absolute atomic E-state index is 0.0487. The SMILES string of the molecule is COc1ccccc1CNC(=O)[C@H]1CCCN(C(=O)c2ccccc2F)C1. The van der Waals surface area contributed by atoms with Crippen LogP contribution in [0.5, 0.6) is 5.75 Å². The molecule has 2 amide bonds. The molecule has 5 nitrogen and oxygen atoms in total. The maximum absolute atomic E-state index is 13.9. The van der Waals surface area contributed by atoms with Crippen molar-refractivity contribution in [1.29, 1.82) is 0 Å². The lowest BCUT2D eigenvalue weighted by atomic mass is 9.96. The van der Waals surface area contributed by atoms with Gasteiger partial charge in [0.2, 0.25) is 5.91 Å². The van der Waals surface area contributed by atoms with E-state index in [2.05, 4.69) is 5.32 Å². The largest absolute Gasteiger partial charge is 0.496 e. The molecule has 1 aliphatic heterocycles. The second-order valence-electron chi connectivity index (χ2n) is 6.60. The molecule has 0 aromatic heterocycles. The zero-order valence-electron chi connectivity index (χ0n) is 15.3. The quantitative estimate of drug-likeness (QED) is 0.880. The van der Waals surface area contributed by atoms with Crippen LogP contribution in [0.3, 0.4) is 0 Å². The molecule has 0 spiro atoms. The van der Waals surface area contributed by atoms with Gasteiger partial charge in [0.15, 0.2) is 0 Å². The number of amides is 2. The predicted octanol–water partition coefficient (Wildman–Crippen LogP) is 3.00. The molecule has 0 saturated carbocycles. The Kier molecular flexibility index (Phi) is 6.06. The number of ether oxygens (including phenoxy) is 1. The molecule has 2 aromatic carbocycles. The van der Waals surface area contributed by atoms with E-state index in [0.717, 1.165) is 11.3 Å². The second kappa shape index (κ2) is 8.66. The summed E-state index contributed by atoms with van der Waals surface area (Å²) in [7, 11) is 1.59. The van der Waals surface area contributed by atoms with E-state index in [-0.39, 0.29) is 23.3 Å². The molecule has 2 aromatic rings. The molecule has 0 unspecified atom stereocenters. The molecule has 1 fully saturated rings. The van der Waals surface area contributed by atoms with Crippen molar-refractivity contribution in [2.24, 2.45) is 5.92 Å². The van der Waals surface area contributed by atoms with Crippen molar-refractivity contribution in [2.75, 3.05) is 20.2 Å². The third-order valence-corrected chi connectivity index (χ3v) is 4.83. The average molecular weight is 370 g/mol. The summed E-state index contributed by atoms with van der Waals surface area (Å²) >= 11 is 0. The normalized spacial score (nSPS) is 16.7. The van der Waals surface area contributed by atoms with E-state index in [4.69, 9.17) is 4.74 Å². The molecule has 0 aliphatic carbocycles. The molecule has 27 heavy (non-hydrogen) atoms. The summed E-state index contributed by atoms with van der Waals surface area (Å²) in [6.07, 6.45) is 1.42. The summed E-state index contributed by atoms with van der Waals surface area (Å²) in [6, 6.07) is 13.4. The number of nitrogens with zero attached hydrogens (tertiary/aromatic N) is 1. The van der Waals surface area contributed by atoms with Crippen molar-refractivity contribution in [3.8, 4) is 5.75 Å². The Hall–Kier alpha value is -2.89. The first kappa shape index (κ1) is 18.9. The van der Waals surface area contributed by atoms with Gasteiger partial charge in [-0.2, -0.15) is 0 Å². The molecule has 1 heterocycles. The van der Waals surface area contributed by atoms with E-state index in [0.29, 0.717) is 32.5 Å². The number of hydrogen-bond donors (Lipinski definition) is 1. The number of piperidine rings is 1. The van der Waals surface area contributed by atoms with E-state index in [1.807, 2.05) is 24.3 Å². The van der Waals surface area contributed by atoms with Crippen molar-refractivity contribution < 1.29 is 18.7 Å². The smallest absolute Gasteiger partial charge is 0.256 e. The minimum atomic E-state index is -0.537. The Morgan fingerprint density at radius 3 is 2.70 bits per heavy atom. The van der Waals surface area contributed by atoms with Gasteiger partial charge in [-0.05, 0) is 31.0 Å². The number of rotatable bonds is 5. The maximum atomic E-state index is 13.9. The highest BCUT2D eigenvalue weighted by atomic mass is 19.1. The average Bonchev–Trinajstić information content (AvgIpc) is 2.72. The Morgan fingerprint density at radius 2 is 1.93 bits per heavy atom. The van der Waals surface area contributed by atoms with E-state index >= 15 is 0 Å². The van der Waals surface area contributed by atoms with Crippen LogP contribution in [0.2, 0.25) is 0 Å². The first-order valence-electron chi connectivity index (χ1n) is 9.03. The Labute approximate surface area is 158 Å². The van der Waals surface area contributed by atoms with Crippen LogP contribution in [0.25, 0.3) is 0 Å². The molecule has 1 aliphatic rings. The summed E-state index contributed by atoms with van der Waals surface area (Å²) in [5.74, 6) is -0.588. The van der Waals surface area contributed by atoms with Gasteiger partial charge in [0.05, 0.1) is 18.6 Å². The van der Waals surface area contributed by atoms with Crippen molar-refractivity contribution in [1.82, 2.24) is 10.2 Å². The fraction of sp³-hybridized carbons (Fsp3) is 0.333. The summed E-state index contributed by atoms with van der Waals surface area (Å²) in [5.41, 5.74) is 0.941. The maximum Gasteiger partial charge on any atom is 0.256 e. The third kappa shape index (κ3) is 4.45. The molecule has 0 radical (unpaired) electrons. The number of hydrogen-bond acceptors (Lipinski definition) is 3. The van der Waals surface area contributed by atoms with Crippen LogP contribution < -0.4 is 10.1 Å². The third-order valence-electron chi connectivity index (χ3n) is 4.83. The number of para-hydroxylation sites is 1. The van der Waals surface area contributed by atoms with Crippen LogP contribution in [0.1, 0.15) is 28.8 Å². The fourth-order valence-corrected chi connectivity index (χ4v) is 3.36. The van der Waals surface area contributed by atoms with Crippen LogP contribution in [0, 0.1) is 11.7 Å². The van der Waals surface area contributed by atoms with Crippen LogP contribution in [0.4, 0.5) is 4.39 Å². The summed E-state index contributed by atoms with van der Waals surface area (Å²) in [5, 5.41) is 2.92. The molecule has 0 bridgehead atoms. The number of benzene rings is 2. The Bertz CT molecular complexity index is 825. The highest BCUT2D eigenvalue weighted by Gasteiger charge is 2.29. The van der Waals surface area contributed by atoms with Crippen LogP contribution in [-0.4, -0.2) is 36.9 Å². The zero-order valence-corrected chi connectivity index (χ0v) is 15.3. The van der Waals surface area contributed by atoms with E-state index in [1.165, 1.54) is 12.1 Å². The Balaban J connectivity index is 1.61. The van der Waals surface area contributed by atoms with Crippen LogP contribution in [0.15, 0.2) is 48.5 Å². The van der Waals surface area contributed by atoms with Crippen molar-refractivity contribution >= 4 is 11.8 Å². The number of methoxy groups -OCH3 is 1. The number of halogens is 1. The Morgan fingerprint density at radius 1 is 1.19 bits per heavy atom. The van der Waals surface area contributed by atoms with Crippen LogP contribution >= 0.6 is 0 Å². The topological polar surface area (TPSA) is 58.6 Å². The van der Waals surface area contributed by atoms with Gasteiger partial charge < -0.3 is 15.0 Å². The van der Waals surface area contributed by atoms with Gasteiger partial charge in [0.1, 0.15) is 11.6 Å². The molecular weight excluding hydrogens is 347 g/mol. The first-order chi connectivity index (χ1) is 13.1. The van der Waals surface area contributed by atoms with Gasteiger partial charge in [0, 0.05) is 25.2 Å². The molecule has 1 saturated heterocycles. The van der Waals surface area contributed by atoms with Gasteiger partial charge in [-0.25, -0.2) is 4.39 Å². The van der Waals surface area contributed by atoms with Crippen molar-refractivity contribution in [3.63, 3.8) is 0 Å². The minimum Gasteiger partial charge on any atom is -0.496 e. The van der Waals surface area contributed by atoms with Gasteiger partial charge in [0.25, 0.3) is 5.91 Å². The number of carbonyl (C=O) groups is 2. The van der Waals surface area contributed by atoms with Gasteiger partial charge >= 0.3 is 0 Å². The predicted molar refractivity (Wildman–Crippen MR) is 99.9 cm³/mol. The molecule has 6 heteroatoms. The second-order valence-corrected chi connectivity index (χ2v) is 6.60. The van der Waals surface area contributed by atoms with E-state index < -0.39 is 5.82 Å². The molecule has 1 atom stereocenters. The highest BCUT2D eigenvalue weighted by molar-refractivity contribution is 5.95. The van der Waals surface area contributed by atoms with Gasteiger partial charge in [-0.15, -0.1) is 0 Å². The molecule has 142 valence electrons. The molecular formula is C21H23FN2O3.